The smallest absolute Gasteiger partial charge is 0.330 e. The van der Waals surface area contributed by atoms with E-state index in [0.29, 0.717) is 31.0 Å². The molecule has 1 aliphatic carbocycles. The summed E-state index contributed by atoms with van der Waals surface area (Å²) in [6.45, 7) is 4.67. The van der Waals surface area contributed by atoms with Crippen LogP contribution in [0.1, 0.15) is 51.0 Å². The van der Waals surface area contributed by atoms with E-state index < -0.39 is 11.2 Å². The van der Waals surface area contributed by atoms with Crippen LogP contribution in [0, 0.1) is 5.92 Å². The third kappa shape index (κ3) is 4.24. The van der Waals surface area contributed by atoms with Gasteiger partial charge in [0.2, 0.25) is 5.91 Å². The van der Waals surface area contributed by atoms with Gasteiger partial charge >= 0.3 is 5.69 Å². The Balaban J connectivity index is 1.97. The Hall–Kier alpha value is -2.54. The molecule has 0 radical (unpaired) electrons. The summed E-state index contributed by atoms with van der Waals surface area (Å²) >= 11 is 6.29. The molecule has 1 aromatic heterocycles. The predicted octanol–water partition coefficient (Wildman–Crippen LogP) is 3.12. The number of carbonyl (C=O) groups excluding carboxylic acids is 1. The number of nitrogen functional groups attached to an aromatic ring is 1. The predicted molar refractivity (Wildman–Crippen MR) is 116 cm³/mol. The van der Waals surface area contributed by atoms with Crippen molar-refractivity contribution in [3.8, 4) is 0 Å². The molecule has 0 saturated heterocycles. The average molecular weight is 419 g/mol. The molecule has 29 heavy (non-hydrogen) atoms. The summed E-state index contributed by atoms with van der Waals surface area (Å²) in [5.74, 6) is -0.332. The third-order valence-corrected chi connectivity index (χ3v) is 5.69. The molecule has 1 amide bonds. The lowest BCUT2D eigenvalue weighted by Gasteiger charge is -2.24. The molecule has 8 heteroatoms. The number of H-pyrrole nitrogens is 1. The number of amides is 1. The van der Waals surface area contributed by atoms with Gasteiger partial charge in [-0.3, -0.25) is 19.1 Å². The fraction of sp³-hybridized carbons (Fsp3) is 0.476. The Morgan fingerprint density at radius 2 is 2.00 bits per heavy atom. The van der Waals surface area contributed by atoms with Crippen LogP contribution >= 0.6 is 11.6 Å². The second kappa shape index (κ2) is 8.86. The van der Waals surface area contributed by atoms with E-state index in [0.717, 1.165) is 18.4 Å². The highest BCUT2D eigenvalue weighted by molar-refractivity contribution is 6.31. The lowest BCUT2D eigenvalue weighted by Crippen LogP contribution is -2.42. The monoisotopic (exact) mass is 418 g/mol. The van der Waals surface area contributed by atoms with Gasteiger partial charge in [-0.1, -0.05) is 50.1 Å². The van der Waals surface area contributed by atoms with Crippen molar-refractivity contribution < 1.29 is 4.79 Å². The van der Waals surface area contributed by atoms with Crippen molar-refractivity contribution in [1.82, 2.24) is 9.55 Å². The van der Waals surface area contributed by atoms with E-state index in [2.05, 4.69) is 4.98 Å². The molecule has 0 aliphatic heterocycles. The van der Waals surface area contributed by atoms with Crippen LogP contribution < -0.4 is 21.9 Å². The molecule has 1 aliphatic rings. The van der Waals surface area contributed by atoms with Gasteiger partial charge in [-0.25, -0.2) is 4.79 Å². The number of halogens is 1. The summed E-state index contributed by atoms with van der Waals surface area (Å²) in [7, 11) is 0. The molecule has 1 saturated carbocycles. The Kier molecular flexibility index (Phi) is 6.47. The van der Waals surface area contributed by atoms with Crippen molar-refractivity contribution in [3.63, 3.8) is 0 Å². The van der Waals surface area contributed by atoms with Crippen LogP contribution in [0.3, 0.4) is 0 Å². The lowest BCUT2D eigenvalue weighted by molar-refractivity contribution is -0.119. The number of nitrogens with two attached hydrogens (primary N) is 1. The number of nitrogens with zero attached hydrogens (tertiary/aromatic N) is 2. The molecule has 2 atom stereocenters. The van der Waals surface area contributed by atoms with Gasteiger partial charge in [0, 0.05) is 24.0 Å². The lowest BCUT2D eigenvalue weighted by atomic mass is 10.1. The van der Waals surface area contributed by atoms with E-state index in [4.69, 9.17) is 17.3 Å². The highest BCUT2D eigenvalue weighted by Crippen LogP contribution is 2.50. The van der Waals surface area contributed by atoms with Crippen molar-refractivity contribution in [1.29, 1.82) is 0 Å². The molecule has 1 heterocycles. The topological polar surface area (TPSA) is 101 Å². The first-order chi connectivity index (χ1) is 13.9. The van der Waals surface area contributed by atoms with E-state index in [-0.39, 0.29) is 29.2 Å². The van der Waals surface area contributed by atoms with Crippen molar-refractivity contribution in [2.45, 2.75) is 52.0 Å². The maximum absolute atomic E-state index is 13.4. The van der Waals surface area contributed by atoms with E-state index >= 15 is 0 Å². The fourth-order valence-corrected chi connectivity index (χ4v) is 4.00. The van der Waals surface area contributed by atoms with Gasteiger partial charge in [0.05, 0.1) is 0 Å². The van der Waals surface area contributed by atoms with Crippen LogP contribution in [0.15, 0.2) is 33.9 Å². The molecule has 1 aromatic carbocycles. The fourth-order valence-electron chi connectivity index (χ4n) is 3.72. The number of hydrogen-bond acceptors (Lipinski definition) is 4. The van der Waals surface area contributed by atoms with Crippen molar-refractivity contribution in [2.75, 3.05) is 17.2 Å². The van der Waals surface area contributed by atoms with Crippen molar-refractivity contribution in [2.24, 2.45) is 5.92 Å². The van der Waals surface area contributed by atoms with Gasteiger partial charge in [-0.05, 0) is 36.8 Å². The number of aromatic amines is 1. The Labute approximate surface area is 174 Å². The van der Waals surface area contributed by atoms with Crippen LogP contribution in [0.25, 0.3) is 0 Å². The minimum atomic E-state index is -0.626. The van der Waals surface area contributed by atoms with Crippen molar-refractivity contribution in [3.05, 3.63) is 55.7 Å². The molecule has 156 valence electrons. The minimum Gasteiger partial charge on any atom is -0.383 e. The summed E-state index contributed by atoms with van der Waals surface area (Å²) in [6, 6.07) is 7.50. The summed E-state index contributed by atoms with van der Waals surface area (Å²) in [5, 5.41) is 0.641. The van der Waals surface area contributed by atoms with E-state index in [1.165, 1.54) is 9.47 Å². The summed E-state index contributed by atoms with van der Waals surface area (Å²) < 4.78 is 1.32. The zero-order chi connectivity index (χ0) is 21.1. The highest BCUT2D eigenvalue weighted by Gasteiger charge is 2.47. The molecule has 0 bridgehead atoms. The first-order valence-corrected chi connectivity index (χ1v) is 10.5. The van der Waals surface area contributed by atoms with Crippen LogP contribution in [-0.2, 0) is 11.3 Å². The number of aromatic nitrogens is 2. The SMILES string of the molecule is CCCCN(C(=O)C1CC1c1ccccc1Cl)c1c(N)n(CCC)c(=O)[nH]c1=O. The minimum absolute atomic E-state index is 0.0298. The maximum Gasteiger partial charge on any atom is 0.330 e. The molecular formula is C21H27ClN4O3. The molecule has 3 rings (SSSR count). The number of unbranched alkanes of at least 4 members (excludes halogenated alkanes) is 1. The number of benzene rings is 1. The van der Waals surface area contributed by atoms with Gasteiger partial charge < -0.3 is 10.6 Å². The molecular weight excluding hydrogens is 392 g/mol. The molecule has 3 N–H and O–H groups in total. The molecule has 2 aromatic rings. The zero-order valence-electron chi connectivity index (χ0n) is 16.8. The molecule has 0 spiro atoms. The second-order valence-electron chi connectivity index (χ2n) is 7.46. The Morgan fingerprint density at radius 3 is 2.66 bits per heavy atom. The number of hydrogen-bond donors (Lipinski definition) is 2. The van der Waals surface area contributed by atoms with E-state index in [1.807, 2.05) is 38.1 Å². The zero-order valence-corrected chi connectivity index (χ0v) is 17.5. The van der Waals surface area contributed by atoms with Crippen LogP contribution in [0.4, 0.5) is 11.5 Å². The van der Waals surface area contributed by atoms with E-state index in [9.17, 15) is 14.4 Å². The highest BCUT2D eigenvalue weighted by atomic mass is 35.5. The molecule has 7 nitrogen and oxygen atoms in total. The Morgan fingerprint density at radius 1 is 1.28 bits per heavy atom. The number of rotatable bonds is 8. The van der Waals surface area contributed by atoms with Crippen molar-refractivity contribution >= 4 is 29.0 Å². The Bertz CT molecular complexity index is 1010. The van der Waals surface area contributed by atoms with Gasteiger partial charge in [0.1, 0.15) is 5.82 Å². The standard InChI is InChI=1S/C21H27ClN4O3/c1-3-5-11-25(17-18(23)26(10-4-2)21(29)24-19(17)27)20(28)15-12-14(15)13-8-6-7-9-16(13)22/h6-9,14-15H,3-5,10-12,23H2,1-2H3,(H,24,27,29). The average Bonchev–Trinajstić information content (AvgIpc) is 3.48. The van der Waals surface area contributed by atoms with Gasteiger partial charge in [0.15, 0.2) is 5.69 Å². The number of carbonyl (C=O) groups is 1. The van der Waals surface area contributed by atoms with Gasteiger partial charge in [0.25, 0.3) is 5.56 Å². The summed E-state index contributed by atoms with van der Waals surface area (Å²) in [6.07, 6.45) is 2.93. The normalized spacial score (nSPS) is 17.9. The number of anilines is 2. The van der Waals surface area contributed by atoms with Gasteiger partial charge in [-0.15, -0.1) is 0 Å². The largest absolute Gasteiger partial charge is 0.383 e. The first kappa shape index (κ1) is 21.2. The summed E-state index contributed by atoms with van der Waals surface area (Å²) in [4.78, 5) is 41.9. The molecule has 1 fully saturated rings. The first-order valence-electron chi connectivity index (χ1n) is 10.1. The second-order valence-corrected chi connectivity index (χ2v) is 7.87. The number of nitrogens with one attached hydrogen (secondary N) is 1. The van der Waals surface area contributed by atoms with Crippen LogP contribution in [0.5, 0.6) is 0 Å². The quantitative estimate of drug-likeness (QED) is 0.687. The van der Waals surface area contributed by atoms with Crippen LogP contribution in [0.2, 0.25) is 5.02 Å². The molecule has 2 unspecified atom stereocenters. The van der Waals surface area contributed by atoms with Crippen LogP contribution in [-0.4, -0.2) is 22.0 Å². The van der Waals surface area contributed by atoms with Gasteiger partial charge in [-0.2, -0.15) is 0 Å². The van der Waals surface area contributed by atoms with E-state index in [1.54, 1.807) is 0 Å². The third-order valence-electron chi connectivity index (χ3n) is 5.34. The summed E-state index contributed by atoms with van der Waals surface area (Å²) in [5.41, 5.74) is 6.04. The maximum atomic E-state index is 13.4.